The van der Waals surface area contributed by atoms with Crippen LogP contribution in [0.25, 0.3) is 10.9 Å². The minimum absolute atomic E-state index is 0.00997. The molecular weight excluding hydrogens is 302 g/mol. The topological polar surface area (TPSA) is 57.5 Å². The van der Waals surface area contributed by atoms with Gasteiger partial charge in [-0.1, -0.05) is 12.1 Å². The van der Waals surface area contributed by atoms with Crippen LogP contribution in [-0.2, 0) is 13.5 Å². The van der Waals surface area contributed by atoms with E-state index in [4.69, 9.17) is 0 Å². The van der Waals surface area contributed by atoms with Gasteiger partial charge < -0.3 is 19.9 Å². The van der Waals surface area contributed by atoms with Crippen molar-refractivity contribution in [2.24, 2.45) is 13.0 Å². The van der Waals surface area contributed by atoms with Gasteiger partial charge in [0.05, 0.1) is 0 Å². The molecule has 0 bridgehead atoms. The molecule has 1 aromatic carbocycles. The Hall–Kier alpha value is -2.01. The van der Waals surface area contributed by atoms with Crippen LogP contribution < -0.4 is 5.32 Å². The van der Waals surface area contributed by atoms with Crippen LogP contribution in [0, 0.1) is 12.8 Å². The molecule has 5 nitrogen and oxygen atoms in total. The molecule has 5 heteroatoms. The molecule has 3 rings (SSSR count). The number of carbonyl (C=O) groups excluding carboxylic acids is 1. The van der Waals surface area contributed by atoms with Gasteiger partial charge in [0.1, 0.15) is 0 Å². The molecule has 2 heterocycles. The normalized spacial score (nSPS) is 18.1. The van der Waals surface area contributed by atoms with Gasteiger partial charge in [-0.3, -0.25) is 0 Å². The number of carbonyl (C=O) groups is 1. The zero-order valence-electron chi connectivity index (χ0n) is 14.6. The van der Waals surface area contributed by atoms with Gasteiger partial charge in [-0.25, -0.2) is 4.79 Å². The first-order chi connectivity index (χ1) is 11.6. The summed E-state index contributed by atoms with van der Waals surface area (Å²) in [6, 6.07) is 6.48. The minimum atomic E-state index is -0.00997. The number of likely N-dealkylation sites (tertiary alicyclic amines) is 1. The third kappa shape index (κ3) is 3.56. The molecular formula is C19H27N3O2. The number of benzene rings is 1. The Kier molecular flexibility index (Phi) is 5.09. The maximum atomic E-state index is 12.3. The fourth-order valence-electron chi connectivity index (χ4n) is 3.59. The lowest BCUT2D eigenvalue weighted by atomic mass is 9.99. The molecule has 0 saturated carbocycles. The number of hydrogen-bond donors (Lipinski definition) is 2. The highest BCUT2D eigenvalue weighted by Crippen LogP contribution is 2.22. The Labute approximate surface area is 143 Å². The molecule has 1 aliphatic rings. The van der Waals surface area contributed by atoms with Gasteiger partial charge in [0.15, 0.2) is 0 Å². The van der Waals surface area contributed by atoms with E-state index >= 15 is 0 Å². The molecule has 2 amide bonds. The Balaban J connectivity index is 1.57. The first kappa shape index (κ1) is 16.8. The number of piperidine rings is 1. The summed E-state index contributed by atoms with van der Waals surface area (Å²) in [6.45, 7) is 4.35. The third-order valence-electron chi connectivity index (χ3n) is 4.96. The van der Waals surface area contributed by atoms with Crippen LogP contribution in [0.3, 0.4) is 0 Å². The Bertz CT molecular complexity index is 723. The standard InChI is InChI=1S/C19H27N3O2/c1-14-5-6-17-16(12-21(2)18(17)10-14)7-8-20-19(24)22-9-3-4-15(11-22)13-23/h5-6,10,12,15,23H,3-4,7-9,11,13H2,1-2H3,(H,20,24)/t15-/m0/s1. The minimum Gasteiger partial charge on any atom is -0.396 e. The van der Waals surface area contributed by atoms with Crippen molar-refractivity contribution < 1.29 is 9.90 Å². The van der Waals surface area contributed by atoms with E-state index in [0.717, 1.165) is 25.8 Å². The zero-order chi connectivity index (χ0) is 17.1. The van der Waals surface area contributed by atoms with Crippen LogP contribution in [0.15, 0.2) is 24.4 Å². The molecule has 1 saturated heterocycles. The number of urea groups is 1. The van der Waals surface area contributed by atoms with E-state index in [2.05, 4.69) is 48.3 Å². The molecule has 0 radical (unpaired) electrons. The van der Waals surface area contributed by atoms with Gasteiger partial charge >= 0.3 is 6.03 Å². The van der Waals surface area contributed by atoms with E-state index in [9.17, 15) is 9.90 Å². The van der Waals surface area contributed by atoms with Gasteiger partial charge in [-0.15, -0.1) is 0 Å². The molecule has 24 heavy (non-hydrogen) atoms. The second kappa shape index (κ2) is 7.26. The molecule has 1 atom stereocenters. The summed E-state index contributed by atoms with van der Waals surface area (Å²) in [5.74, 6) is 0.228. The summed E-state index contributed by atoms with van der Waals surface area (Å²) in [5.41, 5.74) is 3.75. The number of hydrogen-bond acceptors (Lipinski definition) is 2. The predicted octanol–water partition coefficient (Wildman–Crippen LogP) is 2.44. The van der Waals surface area contributed by atoms with Crippen LogP contribution in [0.5, 0.6) is 0 Å². The Morgan fingerprint density at radius 2 is 2.25 bits per heavy atom. The summed E-state index contributed by atoms with van der Waals surface area (Å²) >= 11 is 0. The zero-order valence-corrected chi connectivity index (χ0v) is 14.6. The predicted molar refractivity (Wildman–Crippen MR) is 96.1 cm³/mol. The smallest absolute Gasteiger partial charge is 0.317 e. The maximum Gasteiger partial charge on any atom is 0.317 e. The highest BCUT2D eigenvalue weighted by atomic mass is 16.3. The SMILES string of the molecule is Cc1ccc2c(CCNC(=O)N3CCC[C@H](CO)C3)cn(C)c2c1. The quantitative estimate of drug-likeness (QED) is 0.905. The molecule has 2 N–H and O–H groups in total. The molecule has 1 aromatic heterocycles. The van der Waals surface area contributed by atoms with Gasteiger partial charge in [-0.2, -0.15) is 0 Å². The van der Waals surface area contributed by atoms with Gasteiger partial charge in [0, 0.05) is 50.4 Å². The van der Waals surface area contributed by atoms with Crippen molar-refractivity contribution in [1.29, 1.82) is 0 Å². The highest BCUT2D eigenvalue weighted by Gasteiger charge is 2.22. The molecule has 0 unspecified atom stereocenters. The summed E-state index contributed by atoms with van der Waals surface area (Å²) < 4.78 is 2.15. The van der Waals surface area contributed by atoms with E-state index in [0.29, 0.717) is 13.1 Å². The number of rotatable bonds is 4. The molecule has 2 aromatic rings. The average Bonchev–Trinajstić information content (AvgIpc) is 2.90. The number of aryl methyl sites for hydroxylation is 2. The van der Waals surface area contributed by atoms with E-state index in [1.807, 2.05) is 4.90 Å². The van der Waals surface area contributed by atoms with Crippen molar-refractivity contribution in [1.82, 2.24) is 14.8 Å². The number of nitrogens with zero attached hydrogens (tertiary/aromatic N) is 2. The van der Waals surface area contributed by atoms with Crippen molar-refractivity contribution in [3.63, 3.8) is 0 Å². The first-order valence-electron chi connectivity index (χ1n) is 8.76. The maximum absolute atomic E-state index is 12.3. The number of amides is 2. The third-order valence-corrected chi connectivity index (χ3v) is 4.96. The van der Waals surface area contributed by atoms with E-state index in [1.165, 1.54) is 22.0 Å². The lowest BCUT2D eigenvalue weighted by Gasteiger charge is -2.31. The van der Waals surface area contributed by atoms with Gasteiger partial charge in [0.25, 0.3) is 0 Å². The van der Waals surface area contributed by atoms with Crippen LogP contribution >= 0.6 is 0 Å². The van der Waals surface area contributed by atoms with Crippen molar-refractivity contribution in [2.75, 3.05) is 26.2 Å². The van der Waals surface area contributed by atoms with E-state index in [-0.39, 0.29) is 18.6 Å². The van der Waals surface area contributed by atoms with E-state index < -0.39 is 0 Å². The summed E-state index contributed by atoms with van der Waals surface area (Å²) in [5, 5.41) is 13.6. The average molecular weight is 329 g/mol. The fourth-order valence-corrected chi connectivity index (χ4v) is 3.59. The van der Waals surface area contributed by atoms with Crippen LogP contribution in [0.1, 0.15) is 24.0 Å². The summed E-state index contributed by atoms with van der Waals surface area (Å²) in [6.07, 6.45) is 4.96. The molecule has 0 aliphatic carbocycles. The fraction of sp³-hybridized carbons (Fsp3) is 0.526. The van der Waals surface area contributed by atoms with Crippen molar-refractivity contribution in [2.45, 2.75) is 26.2 Å². The van der Waals surface area contributed by atoms with Crippen molar-refractivity contribution in [3.05, 3.63) is 35.5 Å². The molecule has 130 valence electrons. The highest BCUT2D eigenvalue weighted by molar-refractivity contribution is 5.84. The largest absolute Gasteiger partial charge is 0.396 e. The van der Waals surface area contributed by atoms with Gasteiger partial charge in [0.2, 0.25) is 0 Å². The monoisotopic (exact) mass is 329 g/mol. The summed E-state index contributed by atoms with van der Waals surface area (Å²) in [7, 11) is 2.06. The molecule has 1 aliphatic heterocycles. The van der Waals surface area contributed by atoms with Crippen LogP contribution in [0.4, 0.5) is 4.79 Å². The van der Waals surface area contributed by atoms with Crippen molar-refractivity contribution >= 4 is 16.9 Å². The number of fused-ring (bicyclic) bond motifs is 1. The Morgan fingerprint density at radius 1 is 1.42 bits per heavy atom. The summed E-state index contributed by atoms with van der Waals surface area (Å²) in [4.78, 5) is 14.1. The van der Waals surface area contributed by atoms with Crippen molar-refractivity contribution in [3.8, 4) is 0 Å². The number of aromatic nitrogens is 1. The lowest BCUT2D eigenvalue weighted by Crippen LogP contribution is -2.46. The number of aliphatic hydroxyl groups excluding tert-OH is 1. The second-order valence-corrected chi connectivity index (χ2v) is 6.90. The number of aliphatic hydroxyl groups is 1. The lowest BCUT2D eigenvalue weighted by molar-refractivity contribution is 0.129. The van der Waals surface area contributed by atoms with Crippen LogP contribution in [0.2, 0.25) is 0 Å². The molecule has 1 fully saturated rings. The molecule has 0 spiro atoms. The first-order valence-corrected chi connectivity index (χ1v) is 8.76. The van der Waals surface area contributed by atoms with E-state index in [1.54, 1.807) is 0 Å². The van der Waals surface area contributed by atoms with Crippen LogP contribution in [-0.4, -0.2) is 46.8 Å². The number of nitrogens with one attached hydrogen (secondary N) is 1. The Morgan fingerprint density at radius 3 is 3.04 bits per heavy atom. The second-order valence-electron chi connectivity index (χ2n) is 6.90. The van der Waals surface area contributed by atoms with Gasteiger partial charge in [-0.05, 0) is 49.3 Å².